The van der Waals surface area contributed by atoms with Gasteiger partial charge in [-0.15, -0.1) is 0 Å². The van der Waals surface area contributed by atoms with Crippen LogP contribution in [0.4, 0.5) is 18.9 Å². The molecule has 1 aliphatic heterocycles. The van der Waals surface area contributed by atoms with Crippen molar-refractivity contribution in [1.82, 2.24) is 4.90 Å². The lowest BCUT2D eigenvalue weighted by atomic mass is 10.0. The van der Waals surface area contributed by atoms with Crippen LogP contribution in [0.3, 0.4) is 0 Å². The Bertz CT molecular complexity index is 721. The van der Waals surface area contributed by atoms with Gasteiger partial charge in [-0.1, -0.05) is 0 Å². The van der Waals surface area contributed by atoms with Crippen LogP contribution in [-0.2, 0) is 6.54 Å². The molecular weight excluding hydrogens is 329 g/mol. The van der Waals surface area contributed by atoms with Crippen LogP contribution in [0, 0.1) is 17.5 Å². The molecule has 0 saturated carbocycles. The molecule has 3 nitrogen and oxygen atoms in total. The fourth-order valence-corrected chi connectivity index (χ4v) is 3.18. The number of methoxy groups -OCH3 is 1. The second kappa shape index (κ2) is 7.78. The van der Waals surface area contributed by atoms with Crippen LogP contribution < -0.4 is 10.1 Å². The first kappa shape index (κ1) is 17.6. The van der Waals surface area contributed by atoms with Gasteiger partial charge >= 0.3 is 0 Å². The second-order valence-corrected chi connectivity index (χ2v) is 6.27. The summed E-state index contributed by atoms with van der Waals surface area (Å²) in [6.07, 6.45) is 1.88. The average molecular weight is 350 g/mol. The highest BCUT2D eigenvalue weighted by Crippen LogP contribution is 2.22. The molecule has 3 rings (SSSR count). The van der Waals surface area contributed by atoms with Crippen molar-refractivity contribution >= 4 is 5.69 Å². The van der Waals surface area contributed by atoms with Gasteiger partial charge in [0.15, 0.2) is 11.6 Å². The van der Waals surface area contributed by atoms with E-state index >= 15 is 0 Å². The molecule has 0 spiro atoms. The van der Waals surface area contributed by atoms with Crippen LogP contribution in [0.25, 0.3) is 0 Å². The molecular formula is C19H21F3N2O. The summed E-state index contributed by atoms with van der Waals surface area (Å²) in [6.45, 7) is 1.44. The van der Waals surface area contributed by atoms with Crippen molar-refractivity contribution in [2.45, 2.75) is 25.4 Å². The maximum Gasteiger partial charge on any atom is 0.166 e. The number of nitrogens with zero attached hydrogens (tertiary/aromatic N) is 1. The fourth-order valence-electron chi connectivity index (χ4n) is 3.18. The predicted molar refractivity (Wildman–Crippen MR) is 91.2 cm³/mol. The normalized spacial score (nSPS) is 18.2. The number of piperidine rings is 1. The molecule has 1 aliphatic rings. The Hall–Kier alpha value is -2.21. The number of hydrogen-bond donors (Lipinski definition) is 1. The van der Waals surface area contributed by atoms with E-state index in [2.05, 4.69) is 5.32 Å². The van der Waals surface area contributed by atoms with E-state index in [0.717, 1.165) is 43.0 Å². The SMILES string of the molecule is COc1ccc(N[C@@H]2CCCN(Cc3c(F)ccc(F)c3F)C2)cc1. The number of nitrogens with one attached hydrogen (secondary N) is 1. The summed E-state index contributed by atoms with van der Waals surface area (Å²) in [5, 5.41) is 3.43. The monoisotopic (exact) mass is 350 g/mol. The summed E-state index contributed by atoms with van der Waals surface area (Å²) < 4.78 is 46.2. The first-order valence-corrected chi connectivity index (χ1v) is 8.32. The fraction of sp³-hybridized carbons (Fsp3) is 0.368. The average Bonchev–Trinajstić information content (AvgIpc) is 2.63. The van der Waals surface area contributed by atoms with E-state index in [1.54, 1.807) is 7.11 Å². The molecule has 1 atom stereocenters. The molecule has 6 heteroatoms. The molecule has 2 aromatic carbocycles. The highest BCUT2D eigenvalue weighted by Gasteiger charge is 2.23. The summed E-state index contributed by atoms with van der Waals surface area (Å²) in [4.78, 5) is 1.95. The van der Waals surface area contributed by atoms with E-state index in [4.69, 9.17) is 4.74 Å². The van der Waals surface area contributed by atoms with Gasteiger partial charge in [0.05, 0.1) is 7.11 Å². The quantitative estimate of drug-likeness (QED) is 0.819. The molecule has 0 radical (unpaired) electrons. The van der Waals surface area contributed by atoms with Gasteiger partial charge in [-0.3, -0.25) is 4.90 Å². The number of anilines is 1. The van der Waals surface area contributed by atoms with E-state index in [9.17, 15) is 13.2 Å². The Labute approximate surface area is 145 Å². The first-order valence-electron chi connectivity index (χ1n) is 8.32. The van der Waals surface area contributed by atoms with E-state index in [-0.39, 0.29) is 18.2 Å². The van der Waals surface area contributed by atoms with Gasteiger partial charge in [0.25, 0.3) is 0 Å². The zero-order valence-electron chi connectivity index (χ0n) is 14.1. The molecule has 25 heavy (non-hydrogen) atoms. The standard InChI is InChI=1S/C19H21F3N2O/c1-25-15-6-4-13(5-7-15)23-14-3-2-10-24(11-14)12-16-17(20)8-9-18(21)19(16)22/h4-9,14,23H,2-3,10-12H2,1H3/t14-/m1/s1. The molecule has 1 fully saturated rings. The van der Waals surface area contributed by atoms with Gasteiger partial charge in [-0.2, -0.15) is 0 Å². The second-order valence-electron chi connectivity index (χ2n) is 6.27. The molecule has 0 aliphatic carbocycles. The highest BCUT2D eigenvalue weighted by atomic mass is 19.2. The van der Waals surface area contributed by atoms with Crippen molar-refractivity contribution in [3.63, 3.8) is 0 Å². The maximum atomic E-state index is 13.9. The highest BCUT2D eigenvalue weighted by molar-refractivity contribution is 5.47. The zero-order chi connectivity index (χ0) is 17.8. The number of rotatable bonds is 5. The molecule has 134 valence electrons. The number of benzene rings is 2. The summed E-state index contributed by atoms with van der Waals surface area (Å²) in [7, 11) is 1.62. The summed E-state index contributed by atoms with van der Waals surface area (Å²) >= 11 is 0. The van der Waals surface area contributed by atoms with Crippen LogP contribution in [-0.4, -0.2) is 31.1 Å². The van der Waals surface area contributed by atoms with Gasteiger partial charge < -0.3 is 10.1 Å². The molecule has 0 aromatic heterocycles. The van der Waals surface area contributed by atoms with Gasteiger partial charge in [-0.25, -0.2) is 13.2 Å². The number of halogens is 3. The van der Waals surface area contributed by atoms with Crippen molar-refractivity contribution in [2.24, 2.45) is 0 Å². The first-order chi connectivity index (χ1) is 12.1. The molecule has 0 unspecified atom stereocenters. The van der Waals surface area contributed by atoms with Gasteiger partial charge in [0, 0.05) is 30.4 Å². The van der Waals surface area contributed by atoms with Crippen molar-refractivity contribution in [3.05, 3.63) is 59.4 Å². The van der Waals surface area contributed by atoms with Gasteiger partial charge in [-0.05, 0) is 55.8 Å². The van der Waals surface area contributed by atoms with Gasteiger partial charge in [0.2, 0.25) is 0 Å². The zero-order valence-corrected chi connectivity index (χ0v) is 14.1. The number of hydrogen-bond acceptors (Lipinski definition) is 3. The molecule has 2 aromatic rings. The Kier molecular flexibility index (Phi) is 5.48. The van der Waals surface area contributed by atoms with Crippen LogP contribution >= 0.6 is 0 Å². The Morgan fingerprint density at radius 1 is 1.08 bits per heavy atom. The molecule has 0 bridgehead atoms. The molecule has 0 amide bonds. The predicted octanol–water partition coefficient (Wildman–Crippen LogP) is 4.19. The number of ether oxygens (including phenoxy) is 1. The van der Waals surface area contributed by atoms with Crippen LogP contribution in [0.5, 0.6) is 5.75 Å². The third kappa shape index (κ3) is 4.25. The Morgan fingerprint density at radius 3 is 2.52 bits per heavy atom. The van der Waals surface area contributed by atoms with Crippen molar-refractivity contribution in [3.8, 4) is 5.75 Å². The van der Waals surface area contributed by atoms with Crippen molar-refractivity contribution < 1.29 is 17.9 Å². The largest absolute Gasteiger partial charge is 0.497 e. The van der Waals surface area contributed by atoms with E-state index in [1.807, 2.05) is 29.2 Å². The third-order valence-corrected chi connectivity index (χ3v) is 4.49. The summed E-state index contributed by atoms with van der Waals surface area (Å²) in [5.41, 5.74) is 0.765. The molecule has 1 N–H and O–H groups in total. The minimum Gasteiger partial charge on any atom is -0.497 e. The Balaban J connectivity index is 1.64. The summed E-state index contributed by atoms with van der Waals surface area (Å²) in [5.74, 6) is -2.02. The van der Waals surface area contributed by atoms with Crippen LogP contribution in [0.2, 0.25) is 0 Å². The lowest BCUT2D eigenvalue weighted by molar-refractivity contribution is 0.202. The third-order valence-electron chi connectivity index (χ3n) is 4.49. The smallest absolute Gasteiger partial charge is 0.166 e. The Morgan fingerprint density at radius 2 is 1.80 bits per heavy atom. The van der Waals surface area contributed by atoms with Crippen LogP contribution in [0.15, 0.2) is 36.4 Å². The summed E-state index contributed by atoms with van der Waals surface area (Å²) in [6, 6.07) is 9.58. The van der Waals surface area contributed by atoms with Crippen LogP contribution in [0.1, 0.15) is 18.4 Å². The lowest BCUT2D eigenvalue weighted by Crippen LogP contribution is -2.41. The molecule has 1 heterocycles. The van der Waals surface area contributed by atoms with Crippen molar-refractivity contribution in [1.29, 1.82) is 0 Å². The van der Waals surface area contributed by atoms with Gasteiger partial charge in [0.1, 0.15) is 11.6 Å². The lowest BCUT2D eigenvalue weighted by Gasteiger charge is -2.33. The number of likely N-dealkylation sites (tertiary alicyclic amines) is 1. The minimum absolute atomic E-state index is 0.0657. The topological polar surface area (TPSA) is 24.5 Å². The van der Waals surface area contributed by atoms with E-state index < -0.39 is 17.5 Å². The minimum atomic E-state index is -1.09. The van der Waals surface area contributed by atoms with E-state index in [1.165, 1.54) is 0 Å². The molecule has 1 saturated heterocycles. The van der Waals surface area contributed by atoms with E-state index in [0.29, 0.717) is 6.54 Å². The van der Waals surface area contributed by atoms with Crippen molar-refractivity contribution in [2.75, 3.05) is 25.5 Å². The maximum absolute atomic E-state index is 13.9.